The van der Waals surface area contributed by atoms with E-state index in [1.54, 1.807) is 16.4 Å². The second-order valence-electron chi connectivity index (χ2n) is 5.91. The van der Waals surface area contributed by atoms with E-state index in [0.29, 0.717) is 0 Å². The lowest BCUT2D eigenvalue weighted by Gasteiger charge is -2.30. The molecule has 0 aliphatic carbocycles. The molecular weight excluding hydrogens is 320 g/mol. The fourth-order valence-corrected chi connectivity index (χ4v) is 4.31. The van der Waals surface area contributed by atoms with E-state index in [4.69, 9.17) is 0 Å². The number of benzene rings is 1. The lowest BCUT2D eigenvalue weighted by molar-refractivity contribution is -0.119. The van der Waals surface area contributed by atoms with Crippen LogP contribution in [0.1, 0.15) is 12.8 Å². The van der Waals surface area contributed by atoms with Crippen LogP contribution in [0.3, 0.4) is 0 Å². The zero-order valence-corrected chi connectivity index (χ0v) is 14.2. The number of piperidine rings is 1. The van der Waals surface area contributed by atoms with Crippen molar-refractivity contribution in [2.24, 2.45) is 7.05 Å². The summed E-state index contributed by atoms with van der Waals surface area (Å²) in [6.45, 7) is 0.740. The van der Waals surface area contributed by atoms with Gasteiger partial charge in [0.05, 0.1) is 10.8 Å². The molecule has 0 spiro atoms. The van der Waals surface area contributed by atoms with Gasteiger partial charge < -0.3 is 0 Å². The number of nitrogens with zero attached hydrogens (tertiary/aromatic N) is 4. The molecule has 1 aliphatic heterocycles. The van der Waals surface area contributed by atoms with Crippen molar-refractivity contribution >= 4 is 34.4 Å². The van der Waals surface area contributed by atoms with Crippen LogP contribution in [0.4, 0.5) is 5.82 Å². The van der Waals surface area contributed by atoms with Crippen LogP contribution in [0.5, 0.6) is 0 Å². The quantitative estimate of drug-likeness (QED) is 0.735. The molecule has 0 radical (unpaired) electrons. The van der Waals surface area contributed by atoms with Gasteiger partial charge in [0.25, 0.3) is 0 Å². The van der Waals surface area contributed by atoms with Crippen molar-refractivity contribution in [1.29, 1.82) is 0 Å². The molecule has 1 unspecified atom stereocenters. The van der Waals surface area contributed by atoms with Gasteiger partial charge in [-0.1, -0.05) is 18.2 Å². The maximum Gasteiger partial charge on any atom is 0.241 e. The Labute approximate surface area is 144 Å². The van der Waals surface area contributed by atoms with Gasteiger partial charge in [-0.05, 0) is 25.0 Å². The van der Waals surface area contributed by atoms with E-state index in [-0.39, 0.29) is 11.2 Å². The van der Waals surface area contributed by atoms with Gasteiger partial charge in [0.15, 0.2) is 5.82 Å². The molecular formula is C18H18N4OS. The number of pyridine rings is 1. The smallest absolute Gasteiger partial charge is 0.241 e. The number of carbonyl (C=O) groups is 1. The highest BCUT2D eigenvalue weighted by atomic mass is 32.2. The standard InChI is InChI=1S/C18H18N4OS/c1-21-12-9-17(20-21)22-11-4-7-16(18(22)23)24-15-8-10-19-14-6-3-2-5-13(14)15/h2-3,5-6,8-10,12,16H,4,7,11H2,1H3. The average Bonchev–Trinajstić information content (AvgIpc) is 3.03. The predicted molar refractivity (Wildman–Crippen MR) is 96.2 cm³/mol. The number of aryl methyl sites for hydroxylation is 1. The van der Waals surface area contributed by atoms with Gasteiger partial charge in [0.2, 0.25) is 5.91 Å². The Morgan fingerprint density at radius 3 is 2.92 bits per heavy atom. The minimum Gasteiger partial charge on any atom is -0.294 e. The fourth-order valence-electron chi connectivity index (χ4n) is 3.05. The Kier molecular flexibility index (Phi) is 3.98. The maximum absolute atomic E-state index is 12.9. The Bertz CT molecular complexity index is 886. The van der Waals surface area contributed by atoms with Gasteiger partial charge >= 0.3 is 0 Å². The molecule has 1 aliphatic rings. The monoisotopic (exact) mass is 338 g/mol. The van der Waals surface area contributed by atoms with E-state index in [1.807, 2.05) is 54.7 Å². The lowest BCUT2D eigenvalue weighted by atomic mass is 10.1. The van der Waals surface area contributed by atoms with Crippen LogP contribution in [0.2, 0.25) is 0 Å². The summed E-state index contributed by atoms with van der Waals surface area (Å²) >= 11 is 1.64. The number of carbonyl (C=O) groups excluding carboxylic acids is 1. The van der Waals surface area contributed by atoms with E-state index in [1.165, 1.54) is 0 Å². The number of thioether (sulfide) groups is 1. The summed E-state index contributed by atoms with van der Waals surface area (Å²) in [5.74, 6) is 0.887. The van der Waals surface area contributed by atoms with Crippen molar-refractivity contribution < 1.29 is 4.79 Å². The lowest BCUT2D eigenvalue weighted by Crippen LogP contribution is -2.43. The molecule has 1 aromatic carbocycles. The summed E-state index contributed by atoms with van der Waals surface area (Å²) in [7, 11) is 1.87. The summed E-state index contributed by atoms with van der Waals surface area (Å²) in [6, 6.07) is 12.0. The van der Waals surface area contributed by atoms with Gasteiger partial charge in [-0.25, -0.2) is 0 Å². The number of hydrogen-bond donors (Lipinski definition) is 0. The van der Waals surface area contributed by atoms with Crippen LogP contribution in [0.15, 0.2) is 53.7 Å². The molecule has 3 heterocycles. The Morgan fingerprint density at radius 1 is 1.21 bits per heavy atom. The van der Waals surface area contributed by atoms with Crippen molar-refractivity contribution in [1.82, 2.24) is 14.8 Å². The number of fused-ring (bicyclic) bond motifs is 1. The zero-order chi connectivity index (χ0) is 16.5. The number of aromatic nitrogens is 3. The summed E-state index contributed by atoms with van der Waals surface area (Å²) in [5, 5.41) is 5.41. The first-order chi connectivity index (χ1) is 11.7. The second-order valence-corrected chi connectivity index (χ2v) is 7.16. The summed E-state index contributed by atoms with van der Waals surface area (Å²) in [6.07, 6.45) is 5.57. The van der Waals surface area contributed by atoms with Crippen LogP contribution in [0.25, 0.3) is 10.9 Å². The third-order valence-corrected chi connectivity index (χ3v) is 5.58. The third-order valence-electron chi connectivity index (χ3n) is 4.24. The summed E-state index contributed by atoms with van der Waals surface area (Å²) in [5.41, 5.74) is 0.965. The van der Waals surface area contributed by atoms with Crippen LogP contribution in [-0.2, 0) is 11.8 Å². The molecule has 1 fully saturated rings. The van der Waals surface area contributed by atoms with Crippen LogP contribution >= 0.6 is 11.8 Å². The minimum absolute atomic E-state index is 0.0773. The highest BCUT2D eigenvalue weighted by molar-refractivity contribution is 8.00. The SMILES string of the molecule is Cn1ccc(N2CCCC(Sc3ccnc4ccccc34)C2=O)n1. The number of hydrogen-bond acceptors (Lipinski definition) is 4. The van der Waals surface area contributed by atoms with Crippen LogP contribution in [0, 0.1) is 0 Å². The Balaban J connectivity index is 1.60. The van der Waals surface area contributed by atoms with Gasteiger partial charge in [0.1, 0.15) is 0 Å². The number of amides is 1. The summed E-state index contributed by atoms with van der Waals surface area (Å²) < 4.78 is 1.73. The molecule has 0 saturated carbocycles. The highest BCUT2D eigenvalue weighted by Crippen LogP contribution is 2.35. The number of para-hydroxylation sites is 1. The van der Waals surface area contributed by atoms with E-state index >= 15 is 0 Å². The molecule has 4 rings (SSSR count). The van der Waals surface area contributed by atoms with Crippen molar-refractivity contribution in [2.45, 2.75) is 23.0 Å². The molecule has 6 heteroatoms. The summed E-state index contributed by atoms with van der Waals surface area (Å²) in [4.78, 5) is 20.2. The minimum atomic E-state index is -0.0773. The maximum atomic E-state index is 12.9. The van der Waals surface area contributed by atoms with Crippen molar-refractivity contribution in [3.8, 4) is 0 Å². The molecule has 5 nitrogen and oxygen atoms in total. The van der Waals surface area contributed by atoms with Gasteiger partial charge in [-0.3, -0.25) is 19.4 Å². The normalized spacial score (nSPS) is 18.3. The molecule has 1 atom stereocenters. The molecule has 0 N–H and O–H groups in total. The first kappa shape index (κ1) is 15.2. The zero-order valence-electron chi connectivity index (χ0n) is 13.4. The molecule has 2 aromatic heterocycles. The third kappa shape index (κ3) is 2.78. The number of anilines is 1. The number of rotatable bonds is 3. The molecule has 24 heavy (non-hydrogen) atoms. The van der Waals surface area contributed by atoms with E-state index in [9.17, 15) is 4.79 Å². The first-order valence-corrected chi connectivity index (χ1v) is 8.92. The van der Waals surface area contributed by atoms with Crippen molar-refractivity contribution in [3.05, 3.63) is 48.8 Å². The van der Waals surface area contributed by atoms with Crippen molar-refractivity contribution in [2.75, 3.05) is 11.4 Å². The van der Waals surface area contributed by atoms with Crippen LogP contribution in [-0.4, -0.2) is 32.5 Å². The van der Waals surface area contributed by atoms with Gasteiger partial charge in [0, 0.05) is 42.3 Å². The van der Waals surface area contributed by atoms with Crippen molar-refractivity contribution in [3.63, 3.8) is 0 Å². The molecule has 1 saturated heterocycles. The Hall–Kier alpha value is -2.34. The second kappa shape index (κ2) is 6.28. The molecule has 1 amide bonds. The highest BCUT2D eigenvalue weighted by Gasteiger charge is 2.31. The molecule has 0 bridgehead atoms. The van der Waals surface area contributed by atoms with E-state index < -0.39 is 0 Å². The Morgan fingerprint density at radius 2 is 2.08 bits per heavy atom. The van der Waals surface area contributed by atoms with E-state index in [0.717, 1.165) is 41.0 Å². The van der Waals surface area contributed by atoms with Gasteiger partial charge in [-0.2, -0.15) is 5.10 Å². The van der Waals surface area contributed by atoms with E-state index in [2.05, 4.69) is 16.1 Å². The largest absolute Gasteiger partial charge is 0.294 e. The topological polar surface area (TPSA) is 51.0 Å². The first-order valence-electron chi connectivity index (χ1n) is 8.04. The van der Waals surface area contributed by atoms with Crippen LogP contribution < -0.4 is 4.90 Å². The molecule has 3 aromatic rings. The fraction of sp³-hybridized carbons (Fsp3) is 0.278. The predicted octanol–water partition coefficient (Wildman–Crippen LogP) is 3.26. The average molecular weight is 338 g/mol. The van der Waals surface area contributed by atoms with Gasteiger partial charge in [-0.15, -0.1) is 11.8 Å². The molecule has 122 valence electrons.